The molecule has 1 amide bonds. The third kappa shape index (κ3) is 2.42. The van der Waals surface area contributed by atoms with Crippen LogP contribution in [0.4, 0.5) is 0 Å². The van der Waals surface area contributed by atoms with Gasteiger partial charge < -0.3 is 9.30 Å². The first-order chi connectivity index (χ1) is 12.3. The first-order valence-corrected chi connectivity index (χ1v) is 9.01. The van der Waals surface area contributed by atoms with Gasteiger partial charge in [-0.2, -0.15) is 0 Å². The molecule has 0 radical (unpaired) electrons. The second-order valence-corrected chi connectivity index (χ2v) is 6.98. The zero-order valence-corrected chi connectivity index (χ0v) is 14.0. The molecule has 2 aromatic heterocycles. The molecule has 0 N–H and O–H groups in total. The van der Waals surface area contributed by atoms with Gasteiger partial charge in [0, 0.05) is 30.8 Å². The van der Waals surface area contributed by atoms with Gasteiger partial charge in [0.05, 0.1) is 6.04 Å². The summed E-state index contributed by atoms with van der Waals surface area (Å²) >= 11 is 0. The van der Waals surface area contributed by atoms with E-state index in [9.17, 15) is 4.79 Å². The molecule has 5 rings (SSSR count). The fourth-order valence-corrected chi connectivity index (χ4v) is 4.06. The number of imidazole rings is 1. The minimum atomic E-state index is 0.0148. The lowest BCUT2D eigenvalue weighted by molar-refractivity contribution is 0.0633. The number of benzene rings is 1. The summed E-state index contributed by atoms with van der Waals surface area (Å²) in [5, 5.41) is 0. The molecule has 126 valence electrons. The summed E-state index contributed by atoms with van der Waals surface area (Å²) in [7, 11) is 0. The van der Waals surface area contributed by atoms with Crippen LogP contribution < -0.4 is 0 Å². The number of nitrogens with zero attached hydrogens (tertiary/aromatic N) is 4. The normalized spacial score (nSPS) is 19.6. The van der Waals surface area contributed by atoms with Crippen molar-refractivity contribution in [1.29, 1.82) is 0 Å². The summed E-state index contributed by atoms with van der Waals surface area (Å²) in [6.07, 6.45) is 12.5. The largest absolute Gasteiger partial charge is 0.327 e. The SMILES string of the molecule is O=C(c1nccn2ccnc12)N(C1CC1)[C@H]1CCCc2ccccc21. The molecule has 2 aliphatic rings. The van der Waals surface area contributed by atoms with Gasteiger partial charge in [0.25, 0.3) is 5.91 Å². The van der Waals surface area contributed by atoms with Crippen LogP contribution in [0.3, 0.4) is 0 Å². The van der Waals surface area contributed by atoms with E-state index < -0.39 is 0 Å². The number of hydrogen-bond donors (Lipinski definition) is 0. The van der Waals surface area contributed by atoms with Crippen molar-refractivity contribution in [3.63, 3.8) is 0 Å². The van der Waals surface area contributed by atoms with Gasteiger partial charge in [0.15, 0.2) is 11.3 Å². The molecule has 0 saturated heterocycles. The van der Waals surface area contributed by atoms with Crippen LogP contribution in [0, 0.1) is 0 Å². The fraction of sp³-hybridized carbons (Fsp3) is 0.350. The quantitative estimate of drug-likeness (QED) is 0.738. The molecule has 1 atom stereocenters. The van der Waals surface area contributed by atoms with Gasteiger partial charge in [0.1, 0.15) is 0 Å². The molecule has 1 aromatic carbocycles. The van der Waals surface area contributed by atoms with E-state index >= 15 is 0 Å². The summed E-state index contributed by atoms with van der Waals surface area (Å²) in [5.74, 6) is 0.0148. The Morgan fingerprint density at radius 2 is 1.88 bits per heavy atom. The molecule has 2 aliphatic carbocycles. The number of carbonyl (C=O) groups excluding carboxylic acids is 1. The highest BCUT2D eigenvalue weighted by molar-refractivity contribution is 5.98. The number of hydrogen-bond acceptors (Lipinski definition) is 3. The Morgan fingerprint density at radius 1 is 1.08 bits per heavy atom. The second kappa shape index (κ2) is 5.69. The third-order valence-electron chi connectivity index (χ3n) is 5.36. The summed E-state index contributed by atoms with van der Waals surface area (Å²) in [6.45, 7) is 0. The summed E-state index contributed by atoms with van der Waals surface area (Å²) in [5.41, 5.74) is 3.79. The Morgan fingerprint density at radius 3 is 2.72 bits per heavy atom. The zero-order valence-electron chi connectivity index (χ0n) is 14.0. The maximum absolute atomic E-state index is 13.5. The monoisotopic (exact) mass is 332 g/mol. The molecule has 5 nitrogen and oxygen atoms in total. The van der Waals surface area contributed by atoms with Gasteiger partial charge in [-0.1, -0.05) is 24.3 Å². The van der Waals surface area contributed by atoms with Crippen molar-refractivity contribution in [2.45, 2.75) is 44.2 Å². The maximum Gasteiger partial charge on any atom is 0.277 e. The predicted octanol–water partition coefficient (Wildman–Crippen LogP) is 3.41. The van der Waals surface area contributed by atoms with Crippen LogP contribution in [0.2, 0.25) is 0 Å². The van der Waals surface area contributed by atoms with Crippen molar-refractivity contribution < 1.29 is 4.79 Å². The van der Waals surface area contributed by atoms with Gasteiger partial charge in [0.2, 0.25) is 0 Å². The van der Waals surface area contributed by atoms with Crippen molar-refractivity contribution in [1.82, 2.24) is 19.3 Å². The predicted molar refractivity (Wildman–Crippen MR) is 94.3 cm³/mol. The first kappa shape index (κ1) is 14.6. The Labute approximate surface area is 146 Å². The third-order valence-corrected chi connectivity index (χ3v) is 5.36. The van der Waals surface area contributed by atoms with E-state index in [-0.39, 0.29) is 11.9 Å². The minimum absolute atomic E-state index is 0.0148. The molecular weight excluding hydrogens is 312 g/mol. The number of aryl methyl sites for hydroxylation is 1. The number of aromatic nitrogens is 3. The minimum Gasteiger partial charge on any atom is -0.327 e. The Kier molecular flexibility index (Phi) is 3.33. The van der Waals surface area contributed by atoms with Crippen LogP contribution in [0.25, 0.3) is 5.65 Å². The number of rotatable bonds is 3. The Hall–Kier alpha value is -2.69. The van der Waals surface area contributed by atoms with E-state index in [2.05, 4.69) is 39.1 Å². The number of carbonyl (C=O) groups is 1. The van der Waals surface area contributed by atoms with Crippen LogP contribution in [0.5, 0.6) is 0 Å². The molecule has 1 saturated carbocycles. The van der Waals surface area contributed by atoms with Crippen molar-refractivity contribution in [3.05, 3.63) is 65.9 Å². The average molecular weight is 332 g/mol. The van der Waals surface area contributed by atoms with E-state index in [0.29, 0.717) is 17.4 Å². The Bertz CT molecular complexity index is 944. The molecule has 0 unspecified atom stereocenters. The molecule has 0 aliphatic heterocycles. The standard InChI is InChI=1S/C20H20N4O/c25-20(18-19-22-11-13-23(19)12-10-21-18)24(15-8-9-15)17-7-3-5-14-4-1-2-6-16(14)17/h1-2,4,6,10-13,15,17H,3,5,7-9H2/t17-/m0/s1. The van der Waals surface area contributed by atoms with E-state index in [1.54, 1.807) is 12.4 Å². The molecule has 1 fully saturated rings. The van der Waals surface area contributed by atoms with Gasteiger partial charge in [-0.05, 0) is 43.2 Å². The fourth-order valence-electron chi connectivity index (χ4n) is 4.06. The highest BCUT2D eigenvalue weighted by Gasteiger charge is 2.40. The molecular formula is C20H20N4O. The molecule has 0 spiro atoms. The van der Waals surface area contributed by atoms with Gasteiger partial charge in [-0.15, -0.1) is 0 Å². The summed E-state index contributed by atoms with van der Waals surface area (Å²) < 4.78 is 1.86. The number of amides is 1. The van der Waals surface area contributed by atoms with Gasteiger partial charge >= 0.3 is 0 Å². The van der Waals surface area contributed by atoms with E-state index in [1.165, 1.54) is 11.1 Å². The topological polar surface area (TPSA) is 50.5 Å². The van der Waals surface area contributed by atoms with E-state index in [1.807, 2.05) is 16.8 Å². The zero-order chi connectivity index (χ0) is 16.8. The lowest BCUT2D eigenvalue weighted by Crippen LogP contribution is -2.39. The maximum atomic E-state index is 13.5. The van der Waals surface area contributed by atoms with Crippen molar-refractivity contribution >= 4 is 11.6 Å². The lowest BCUT2D eigenvalue weighted by Gasteiger charge is -2.36. The highest BCUT2D eigenvalue weighted by atomic mass is 16.2. The van der Waals surface area contributed by atoms with Crippen LogP contribution in [0.1, 0.15) is 53.3 Å². The van der Waals surface area contributed by atoms with E-state index in [4.69, 9.17) is 0 Å². The molecule has 2 heterocycles. The number of fused-ring (bicyclic) bond motifs is 2. The smallest absolute Gasteiger partial charge is 0.277 e. The second-order valence-electron chi connectivity index (χ2n) is 6.98. The summed E-state index contributed by atoms with van der Waals surface area (Å²) in [4.78, 5) is 24.3. The van der Waals surface area contributed by atoms with Crippen molar-refractivity contribution in [2.75, 3.05) is 0 Å². The average Bonchev–Trinajstić information content (AvgIpc) is 3.36. The molecule has 3 aromatic rings. The van der Waals surface area contributed by atoms with Crippen LogP contribution in [-0.4, -0.2) is 31.2 Å². The molecule has 0 bridgehead atoms. The van der Waals surface area contributed by atoms with Crippen LogP contribution in [-0.2, 0) is 6.42 Å². The van der Waals surface area contributed by atoms with Crippen molar-refractivity contribution in [2.24, 2.45) is 0 Å². The van der Waals surface area contributed by atoms with Gasteiger partial charge in [-0.25, -0.2) is 9.97 Å². The van der Waals surface area contributed by atoms with Gasteiger partial charge in [-0.3, -0.25) is 4.79 Å². The summed E-state index contributed by atoms with van der Waals surface area (Å²) in [6, 6.07) is 9.05. The van der Waals surface area contributed by atoms with Crippen LogP contribution in [0.15, 0.2) is 49.1 Å². The highest BCUT2D eigenvalue weighted by Crippen LogP contribution is 2.41. The van der Waals surface area contributed by atoms with Crippen LogP contribution >= 0.6 is 0 Å². The molecule has 25 heavy (non-hydrogen) atoms. The Balaban J connectivity index is 1.58. The lowest BCUT2D eigenvalue weighted by atomic mass is 9.86. The first-order valence-electron chi connectivity index (χ1n) is 9.01. The molecule has 5 heteroatoms. The van der Waals surface area contributed by atoms with E-state index in [0.717, 1.165) is 32.1 Å². The van der Waals surface area contributed by atoms with Crippen molar-refractivity contribution in [3.8, 4) is 0 Å².